The van der Waals surface area contributed by atoms with E-state index in [0.717, 1.165) is 17.2 Å². The molecule has 0 bridgehead atoms. The van der Waals surface area contributed by atoms with Crippen molar-refractivity contribution in [1.29, 1.82) is 0 Å². The lowest BCUT2D eigenvalue weighted by Gasteiger charge is -2.13. The number of imidazole rings is 1. The molecular weight excluding hydrogens is 253 g/mol. The zero-order chi connectivity index (χ0) is 14.9. The highest BCUT2D eigenvalue weighted by atomic mass is 19.1. The summed E-state index contributed by atoms with van der Waals surface area (Å²) >= 11 is 0. The number of hydrogen-bond acceptors (Lipinski definition) is 2. The molecule has 3 nitrogen and oxygen atoms in total. The number of benzene rings is 1. The second-order valence-electron chi connectivity index (χ2n) is 5.60. The van der Waals surface area contributed by atoms with Crippen LogP contribution in [0, 0.1) is 26.6 Å². The van der Waals surface area contributed by atoms with Crippen LogP contribution in [0.1, 0.15) is 42.3 Å². The van der Waals surface area contributed by atoms with Crippen LogP contribution in [0.4, 0.5) is 10.3 Å². The molecule has 0 amide bonds. The van der Waals surface area contributed by atoms with Crippen LogP contribution >= 0.6 is 0 Å². The summed E-state index contributed by atoms with van der Waals surface area (Å²) in [6.07, 6.45) is 2.04. The Labute approximate surface area is 119 Å². The minimum absolute atomic E-state index is 0.117. The molecular formula is C16H22FN3. The summed E-state index contributed by atoms with van der Waals surface area (Å²) in [5.41, 5.74) is 3.43. The van der Waals surface area contributed by atoms with Gasteiger partial charge in [-0.05, 0) is 51.3 Å². The first-order chi connectivity index (χ1) is 9.38. The number of halogens is 1. The van der Waals surface area contributed by atoms with Crippen LogP contribution in [0.15, 0.2) is 18.3 Å². The van der Waals surface area contributed by atoms with Gasteiger partial charge in [0.05, 0.1) is 5.69 Å². The van der Waals surface area contributed by atoms with Crippen molar-refractivity contribution < 1.29 is 4.39 Å². The summed E-state index contributed by atoms with van der Waals surface area (Å²) in [5, 5.41) is 3.34. The fourth-order valence-corrected chi connectivity index (χ4v) is 2.36. The van der Waals surface area contributed by atoms with Crippen molar-refractivity contribution in [2.24, 2.45) is 0 Å². The van der Waals surface area contributed by atoms with Crippen LogP contribution < -0.4 is 5.32 Å². The third-order valence-electron chi connectivity index (χ3n) is 3.36. The highest BCUT2D eigenvalue weighted by Crippen LogP contribution is 2.18. The van der Waals surface area contributed by atoms with Crippen LogP contribution in [0.5, 0.6) is 0 Å². The summed E-state index contributed by atoms with van der Waals surface area (Å²) in [5.74, 6) is 0.741. The largest absolute Gasteiger partial charge is 0.352 e. The Kier molecular flexibility index (Phi) is 4.12. The quantitative estimate of drug-likeness (QED) is 0.908. The van der Waals surface area contributed by atoms with E-state index in [0.29, 0.717) is 23.7 Å². The Morgan fingerprint density at radius 3 is 2.35 bits per heavy atom. The van der Waals surface area contributed by atoms with Gasteiger partial charge < -0.3 is 9.88 Å². The molecule has 0 atom stereocenters. The lowest BCUT2D eigenvalue weighted by atomic mass is 10.1. The van der Waals surface area contributed by atoms with Gasteiger partial charge in [0, 0.05) is 18.8 Å². The van der Waals surface area contributed by atoms with E-state index in [1.807, 2.05) is 25.3 Å². The molecule has 0 unspecified atom stereocenters. The smallest absolute Gasteiger partial charge is 0.203 e. The zero-order valence-corrected chi connectivity index (χ0v) is 12.8. The molecule has 4 heteroatoms. The number of hydrogen-bond donors (Lipinski definition) is 1. The molecule has 0 aliphatic heterocycles. The summed E-state index contributed by atoms with van der Waals surface area (Å²) in [4.78, 5) is 4.49. The molecule has 1 heterocycles. The number of aromatic nitrogens is 2. The second kappa shape index (κ2) is 5.65. The van der Waals surface area contributed by atoms with E-state index in [-0.39, 0.29) is 5.82 Å². The average molecular weight is 275 g/mol. The van der Waals surface area contributed by atoms with Crippen molar-refractivity contribution in [3.63, 3.8) is 0 Å². The number of nitrogens with one attached hydrogen (secondary N) is 1. The van der Waals surface area contributed by atoms with Gasteiger partial charge in [0.25, 0.3) is 0 Å². The number of aryl methyl sites for hydroxylation is 3. The van der Waals surface area contributed by atoms with E-state index >= 15 is 0 Å². The van der Waals surface area contributed by atoms with Gasteiger partial charge in [0.15, 0.2) is 0 Å². The van der Waals surface area contributed by atoms with Crippen molar-refractivity contribution in [3.05, 3.63) is 46.5 Å². The van der Waals surface area contributed by atoms with Gasteiger partial charge in [-0.1, -0.05) is 12.1 Å². The minimum Gasteiger partial charge on any atom is -0.352 e. The maximum atomic E-state index is 13.6. The van der Waals surface area contributed by atoms with Crippen LogP contribution in [0.25, 0.3) is 0 Å². The molecule has 0 saturated heterocycles. The van der Waals surface area contributed by atoms with E-state index < -0.39 is 0 Å². The van der Waals surface area contributed by atoms with Crippen LogP contribution in [0.2, 0.25) is 0 Å². The number of rotatable bonds is 4. The normalized spacial score (nSPS) is 11.2. The average Bonchev–Trinajstić information content (AvgIpc) is 2.74. The number of anilines is 1. The highest BCUT2D eigenvalue weighted by molar-refractivity contribution is 5.35. The van der Waals surface area contributed by atoms with Gasteiger partial charge in [-0.3, -0.25) is 0 Å². The first kappa shape index (κ1) is 14.6. The van der Waals surface area contributed by atoms with Gasteiger partial charge >= 0.3 is 0 Å². The number of nitrogens with zero attached hydrogens (tertiary/aromatic N) is 2. The molecule has 1 N–H and O–H groups in total. The fraction of sp³-hybridized carbons (Fsp3) is 0.438. The molecule has 0 aliphatic carbocycles. The van der Waals surface area contributed by atoms with Gasteiger partial charge in [0.2, 0.25) is 5.95 Å². The van der Waals surface area contributed by atoms with E-state index in [2.05, 4.69) is 28.7 Å². The van der Waals surface area contributed by atoms with Crippen molar-refractivity contribution in [3.8, 4) is 0 Å². The monoisotopic (exact) mass is 275 g/mol. The van der Waals surface area contributed by atoms with E-state index in [4.69, 9.17) is 0 Å². The highest BCUT2D eigenvalue weighted by Gasteiger charge is 2.09. The van der Waals surface area contributed by atoms with Gasteiger partial charge in [-0.25, -0.2) is 9.37 Å². The molecule has 0 saturated carbocycles. The Morgan fingerprint density at radius 1 is 1.20 bits per heavy atom. The maximum Gasteiger partial charge on any atom is 0.203 e. The predicted molar refractivity (Wildman–Crippen MR) is 80.5 cm³/mol. The van der Waals surface area contributed by atoms with Crippen molar-refractivity contribution in [2.75, 3.05) is 5.32 Å². The summed E-state index contributed by atoms with van der Waals surface area (Å²) in [6, 6.07) is 4.12. The first-order valence-electron chi connectivity index (χ1n) is 6.93. The van der Waals surface area contributed by atoms with E-state index in [9.17, 15) is 4.39 Å². The van der Waals surface area contributed by atoms with E-state index in [1.165, 1.54) is 0 Å². The van der Waals surface area contributed by atoms with Crippen LogP contribution in [-0.4, -0.2) is 9.55 Å². The van der Waals surface area contributed by atoms with Crippen molar-refractivity contribution >= 4 is 5.95 Å². The van der Waals surface area contributed by atoms with Gasteiger partial charge in [-0.15, -0.1) is 0 Å². The molecule has 1 aromatic carbocycles. The Bertz CT molecular complexity index is 591. The van der Waals surface area contributed by atoms with E-state index in [1.54, 1.807) is 13.8 Å². The third-order valence-corrected chi connectivity index (χ3v) is 3.36. The molecule has 0 spiro atoms. The Hall–Kier alpha value is -1.84. The second-order valence-corrected chi connectivity index (χ2v) is 5.60. The topological polar surface area (TPSA) is 29.9 Å². The summed E-state index contributed by atoms with van der Waals surface area (Å²) < 4.78 is 15.7. The molecule has 0 fully saturated rings. The molecule has 1 aromatic heterocycles. The lowest BCUT2D eigenvalue weighted by Crippen LogP contribution is -2.09. The van der Waals surface area contributed by atoms with Crippen LogP contribution in [0.3, 0.4) is 0 Å². The molecule has 2 aromatic rings. The van der Waals surface area contributed by atoms with Gasteiger partial charge in [0.1, 0.15) is 5.82 Å². The first-order valence-corrected chi connectivity index (χ1v) is 6.93. The zero-order valence-electron chi connectivity index (χ0n) is 12.8. The third kappa shape index (κ3) is 3.00. The minimum atomic E-state index is -0.117. The lowest BCUT2D eigenvalue weighted by molar-refractivity contribution is 0.603. The van der Waals surface area contributed by atoms with Gasteiger partial charge in [-0.2, -0.15) is 0 Å². The molecule has 0 radical (unpaired) electrons. The Morgan fingerprint density at radius 2 is 1.80 bits per heavy atom. The molecule has 0 aliphatic rings. The fourth-order valence-electron chi connectivity index (χ4n) is 2.36. The molecule has 2 rings (SSSR count). The predicted octanol–water partition coefficient (Wildman–Crippen LogP) is 4.14. The molecule has 20 heavy (non-hydrogen) atoms. The Balaban J connectivity index is 2.17. The standard InChI is InChI=1S/C16H22FN3/c1-10(2)20-9-13(5)19-16(20)18-8-14-6-11(3)15(17)12(4)7-14/h6-7,9-10H,8H2,1-5H3,(H,18,19). The van der Waals surface area contributed by atoms with Crippen molar-refractivity contribution in [1.82, 2.24) is 9.55 Å². The van der Waals surface area contributed by atoms with Crippen LogP contribution in [-0.2, 0) is 6.54 Å². The van der Waals surface area contributed by atoms with Crippen molar-refractivity contribution in [2.45, 2.75) is 47.2 Å². The maximum absolute atomic E-state index is 13.6. The molecule has 108 valence electrons. The summed E-state index contributed by atoms with van der Waals surface area (Å²) in [7, 11) is 0. The summed E-state index contributed by atoms with van der Waals surface area (Å²) in [6.45, 7) is 10.5. The SMILES string of the molecule is Cc1cn(C(C)C)c(NCc2cc(C)c(F)c(C)c2)n1.